The Kier molecular flexibility index (Phi) is 4.41. The number of aromatic nitrogens is 1. The average Bonchev–Trinajstić information content (AvgIpc) is 3.05. The van der Waals surface area contributed by atoms with Crippen molar-refractivity contribution in [2.24, 2.45) is 0 Å². The number of amides is 1. The lowest BCUT2D eigenvalue weighted by Gasteiger charge is -2.04. The molecule has 24 heavy (non-hydrogen) atoms. The molecule has 0 aliphatic rings. The Balaban J connectivity index is 1.82. The van der Waals surface area contributed by atoms with Gasteiger partial charge in [0.2, 0.25) is 0 Å². The minimum Gasteiger partial charge on any atom is -0.298 e. The van der Waals surface area contributed by atoms with Gasteiger partial charge in [0, 0.05) is 16.5 Å². The smallest absolute Gasteiger partial charge is 0.257 e. The third-order valence-corrected chi connectivity index (χ3v) is 4.41. The summed E-state index contributed by atoms with van der Waals surface area (Å²) in [5.74, 6) is -0.269. The molecule has 1 amide bonds. The summed E-state index contributed by atoms with van der Waals surface area (Å²) < 4.78 is 0. The zero-order chi connectivity index (χ0) is 17.1. The maximum Gasteiger partial charge on any atom is 0.257 e. The van der Waals surface area contributed by atoms with E-state index in [9.17, 15) is 4.79 Å². The molecule has 0 spiro atoms. The molecule has 0 radical (unpaired) electrons. The predicted molar refractivity (Wildman–Crippen MR) is 96.1 cm³/mol. The van der Waals surface area contributed by atoms with Crippen LogP contribution in [0.1, 0.15) is 27.0 Å². The zero-order valence-corrected chi connectivity index (χ0v) is 14.1. The SMILES string of the molecule is Cc1ccc(C)c(-c2csc(NC(=O)c3cccc(C#N)c3)n2)c1. The summed E-state index contributed by atoms with van der Waals surface area (Å²) in [6.07, 6.45) is 0. The van der Waals surface area contributed by atoms with E-state index < -0.39 is 0 Å². The highest BCUT2D eigenvalue weighted by molar-refractivity contribution is 7.14. The number of carbonyl (C=O) groups is 1. The highest BCUT2D eigenvalue weighted by Gasteiger charge is 2.11. The zero-order valence-electron chi connectivity index (χ0n) is 13.3. The van der Waals surface area contributed by atoms with Crippen molar-refractivity contribution in [1.82, 2.24) is 4.98 Å². The molecule has 5 heteroatoms. The number of rotatable bonds is 3. The first kappa shape index (κ1) is 15.9. The van der Waals surface area contributed by atoms with Crippen LogP contribution in [0.25, 0.3) is 11.3 Å². The van der Waals surface area contributed by atoms with E-state index in [2.05, 4.69) is 28.5 Å². The van der Waals surface area contributed by atoms with Crippen molar-refractivity contribution in [3.8, 4) is 17.3 Å². The third-order valence-electron chi connectivity index (χ3n) is 3.65. The Hall–Kier alpha value is -2.97. The van der Waals surface area contributed by atoms with Crippen LogP contribution in [0.2, 0.25) is 0 Å². The molecule has 0 saturated heterocycles. The highest BCUT2D eigenvalue weighted by Crippen LogP contribution is 2.28. The van der Waals surface area contributed by atoms with Crippen LogP contribution in [-0.2, 0) is 0 Å². The van der Waals surface area contributed by atoms with Crippen molar-refractivity contribution in [1.29, 1.82) is 5.26 Å². The fourth-order valence-electron chi connectivity index (χ4n) is 2.37. The lowest BCUT2D eigenvalue weighted by Crippen LogP contribution is -2.11. The summed E-state index contributed by atoms with van der Waals surface area (Å²) in [5.41, 5.74) is 5.13. The number of benzene rings is 2. The van der Waals surface area contributed by atoms with Crippen molar-refractivity contribution in [2.75, 3.05) is 5.32 Å². The first-order valence-electron chi connectivity index (χ1n) is 7.41. The van der Waals surface area contributed by atoms with Gasteiger partial charge in [-0.3, -0.25) is 10.1 Å². The van der Waals surface area contributed by atoms with Gasteiger partial charge < -0.3 is 0 Å². The number of hydrogen-bond acceptors (Lipinski definition) is 4. The second kappa shape index (κ2) is 6.65. The summed E-state index contributed by atoms with van der Waals surface area (Å²) in [5, 5.41) is 14.2. The van der Waals surface area contributed by atoms with Crippen LogP contribution < -0.4 is 5.32 Å². The van der Waals surface area contributed by atoms with E-state index in [1.54, 1.807) is 24.3 Å². The van der Waals surface area contributed by atoms with E-state index in [0.29, 0.717) is 16.3 Å². The molecule has 0 unspecified atom stereocenters. The molecule has 2 aromatic carbocycles. The average molecular weight is 333 g/mol. The Labute approximate surface area is 144 Å². The van der Waals surface area contributed by atoms with Crippen molar-refractivity contribution < 1.29 is 4.79 Å². The predicted octanol–water partition coefficient (Wildman–Crippen LogP) is 4.55. The fourth-order valence-corrected chi connectivity index (χ4v) is 3.07. The van der Waals surface area contributed by atoms with Gasteiger partial charge in [0.1, 0.15) is 0 Å². The molecular formula is C19H15N3OS. The second-order valence-corrected chi connectivity index (χ2v) is 6.36. The van der Waals surface area contributed by atoms with E-state index >= 15 is 0 Å². The number of hydrogen-bond donors (Lipinski definition) is 1. The van der Waals surface area contributed by atoms with Crippen LogP contribution in [0.15, 0.2) is 47.8 Å². The topological polar surface area (TPSA) is 65.8 Å². The lowest BCUT2D eigenvalue weighted by molar-refractivity contribution is 0.102. The lowest BCUT2D eigenvalue weighted by atomic mass is 10.0. The van der Waals surface area contributed by atoms with Gasteiger partial charge in [0.25, 0.3) is 5.91 Å². The number of thiazole rings is 1. The Morgan fingerprint density at radius 2 is 2.04 bits per heavy atom. The summed E-state index contributed by atoms with van der Waals surface area (Å²) >= 11 is 1.38. The van der Waals surface area contributed by atoms with Gasteiger partial charge in [0.05, 0.1) is 17.3 Å². The van der Waals surface area contributed by atoms with Gasteiger partial charge in [-0.05, 0) is 43.7 Å². The summed E-state index contributed by atoms with van der Waals surface area (Å²) in [6, 6.07) is 14.8. The Morgan fingerprint density at radius 1 is 1.21 bits per heavy atom. The molecule has 118 valence electrons. The van der Waals surface area contributed by atoms with Crippen LogP contribution in [0, 0.1) is 25.2 Å². The standard InChI is InChI=1S/C19H15N3OS/c1-12-6-7-13(2)16(8-12)17-11-24-19(21-17)22-18(23)15-5-3-4-14(9-15)10-20/h3-9,11H,1-2H3,(H,21,22,23). The van der Waals surface area contributed by atoms with Gasteiger partial charge in [-0.15, -0.1) is 11.3 Å². The van der Waals surface area contributed by atoms with Crippen molar-refractivity contribution in [3.05, 3.63) is 70.1 Å². The molecule has 0 atom stereocenters. The summed E-state index contributed by atoms with van der Waals surface area (Å²) in [6.45, 7) is 4.08. The molecule has 4 nitrogen and oxygen atoms in total. The minimum absolute atomic E-state index is 0.269. The van der Waals surface area contributed by atoms with Crippen LogP contribution >= 0.6 is 11.3 Å². The van der Waals surface area contributed by atoms with Gasteiger partial charge in [0.15, 0.2) is 5.13 Å². The normalized spacial score (nSPS) is 10.2. The number of nitrogens with zero attached hydrogens (tertiary/aromatic N) is 2. The van der Waals surface area contributed by atoms with Crippen LogP contribution in [0.3, 0.4) is 0 Å². The molecule has 0 aliphatic heterocycles. The first-order valence-corrected chi connectivity index (χ1v) is 8.29. The quantitative estimate of drug-likeness (QED) is 0.764. The molecule has 0 aliphatic carbocycles. The van der Waals surface area contributed by atoms with Crippen molar-refractivity contribution in [2.45, 2.75) is 13.8 Å². The largest absolute Gasteiger partial charge is 0.298 e. The molecule has 1 aromatic heterocycles. The van der Waals surface area contributed by atoms with E-state index in [4.69, 9.17) is 5.26 Å². The van der Waals surface area contributed by atoms with Crippen molar-refractivity contribution >= 4 is 22.4 Å². The third kappa shape index (κ3) is 3.34. The highest BCUT2D eigenvalue weighted by atomic mass is 32.1. The second-order valence-electron chi connectivity index (χ2n) is 5.50. The Morgan fingerprint density at radius 3 is 2.83 bits per heavy atom. The monoisotopic (exact) mass is 333 g/mol. The van der Waals surface area contributed by atoms with Gasteiger partial charge in [-0.1, -0.05) is 23.8 Å². The maximum atomic E-state index is 12.3. The van der Waals surface area contributed by atoms with E-state index in [1.807, 2.05) is 25.3 Å². The first-order chi connectivity index (χ1) is 11.6. The van der Waals surface area contributed by atoms with E-state index in [0.717, 1.165) is 16.8 Å². The molecule has 3 aromatic rings. The van der Waals surface area contributed by atoms with E-state index in [1.165, 1.54) is 16.9 Å². The molecule has 1 N–H and O–H groups in total. The number of anilines is 1. The number of nitriles is 1. The molecule has 1 heterocycles. The van der Waals surface area contributed by atoms with Crippen LogP contribution in [0.4, 0.5) is 5.13 Å². The minimum atomic E-state index is -0.269. The van der Waals surface area contributed by atoms with Gasteiger partial charge in [-0.2, -0.15) is 5.26 Å². The van der Waals surface area contributed by atoms with Crippen LogP contribution in [0.5, 0.6) is 0 Å². The molecule has 3 rings (SSSR count). The number of aryl methyl sites for hydroxylation is 2. The maximum absolute atomic E-state index is 12.3. The fraction of sp³-hybridized carbons (Fsp3) is 0.105. The molecule has 0 fully saturated rings. The van der Waals surface area contributed by atoms with E-state index in [-0.39, 0.29) is 5.91 Å². The van der Waals surface area contributed by atoms with Crippen LogP contribution in [-0.4, -0.2) is 10.9 Å². The Bertz CT molecular complexity index is 953. The number of carbonyl (C=O) groups excluding carboxylic acids is 1. The van der Waals surface area contributed by atoms with Crippen molar-refractivity contribution in [3.63, 3.8) is 0 Å². The summed E-state index contributed by atoms with van der Waals surface area (Å²) in [4.78, 5) is 16.8. The summed E-state index contributed by atoms with van der Waals surface area (Å²) in [7, 11) is 0. The van der Waals surface area contributed by atoms with Gasteiger partial charge in [-0.25, -0.2) is 4.98 Å². The molecular weight excluding hydrogens is 318 g/mol. The molecule has 0 saturated carbocycles. The number of nitrogens with one attached hydrogen (secondary N) is 1. The molecule has 0 bridgehead atoms. The van der Waals surface area contributed by atoms with Gasteiger partial charge >= 0.3 is 0 Å².